The third kappa shape index (κ3) is 4.43. The van der Waals surface area contributed by atoms with Gasteiger partial charge < -0.3 is 15.2 Å². The highest BCUT2D eigenvalue weighted by atomic mass is 16.5. The quantitative estimate of drug-likeness (QED) is 0.407. The summed E-state index contributed by atoms with van der Waals surface area (Å²) in [5.74, 6) is -0.863. The van der Waals surface area contributed by atoms with E-state index in [1.54, 1.807) is 31.2 Å². The van der Waals surface area contributed by atoms with Gasteiger partial charge in [0.1, 0.15) is 0 Å². The van der Waals surface area contributed by atoms with Crippen LogP contribution in [0.3, 0.4) is 0 Å². The van der Waals surface area contributed by atoms with Crippen LogP contribution in [0.1, 0.15) is 40.1 Å². The van der Waals surface area contributed by atoms with Gasteiger partial charge in [-0.25, -0.2) is 4.79 Å². The second-order valence-electron chi connectivity index (χ2n) is 7.41. The first-order chi connectivity index (χ1) is 16.0. The van der Waals surface area contributed by atoms with Crippen molar-refractivity contribution in [1.29, 1.82) is 0 Å². The number of nitrogens with two attached hydrogens (primary N) is 1. The zero-order valence-corrected chi connectivity index (χ0v) is 18.6. The summed E-state index contributed by atoms with van der Waals surface area (Å²) in [4.78, 5) is 28.9. The zero-order valence-electron chi connectivity index (χ0n) is 18.6. The van der Waals surface area contributed by atoms with Crippen LogP contribution in [0.5, 0.6) is 6.01 Å². The van der Waals surface area contributed by atoms with Crippen LogP contribution in [0.4, 0.5) is 0 Å². The number of carbonyl (C=O) groups excluding carboxylic acids is 2. The SMILES string of the molecule is CCOC(=O)c1cccc2nc(OCC)n(Cc3ccc(-c4ccccc4C(N)=O)cc3)c12. The average molecular weight is 444 g/mol. The summed E-state index contributed by atoms with van der Waals surface area (Å²) in [6.45, 7) is 4.84. The molecule has 168 valence electrons. The Morgan fingerprint density at radius 3 is 2.33 bits per heavy atom. The van der Waals surface area contributed by atoms with E-state index >= 15 is 0 Å². The van der Waals surface area contributed by atoms with Crippen molar-refractivity contribution >= 4 is 22.9 Å². The maximum absolute atomic E-state index is 12.6. The van der Waals surface area contributed by atoms with E-state index in [4.69, 9.17) is 15.2 Å². The molecule has 1 heterocycles. The van der Waals surface area contributed by atoms with E-state index in [9.17, 15) is 9.59 Å². The van der Waals surface area contributed by atoms with Gasteiger partial charge in [0, 0.05) is 5.56 Å². The molecule has 0 saturated carbocycles. The Morgan fingerprint density at radius 1 is 0.909 bits per heavy atom. The topological polar surface area (TPSA) is 96.4 Å². The van der Waals surface area contributed by atoms with E-state index in [1.807, 2.05) is 54.0 Å². The van der Waals surface area contributed by atoms with E-state index in [-0.39, 0.29) is 6.61 Å². The molecule has 0 radical (unpaired) electrons. The van der Waals surface area contributed by atoms with Crippen LogP contribution in [-0.2, 0) is 11.3 Å². The number of imidazole rings is 1. The van der Waals surface area contributed by atoms with E-state index in [0.717, 1.165) is 16.7 Å². The highest BCUT2D eigenvalue weighted by molar-refractivity contribution is 6.02. The Hall–Kier alpha value is -4.13. The molecule has 2 N–H and O–H groups in total. The summed E-state index contributed by atoms with van der Waals surface area (Å²) >= 11 is 0. The van der Waals surface area contributed by atoms with Crippen molar-refractivity contribution < 1.29 is 19.1 Å². The predicted molar refractivity (Wildman–Crippen MR) is 126 cm³/mol. The lowest BCUT2D eigenvalue weighted by Gasteiger charge is -2.12. The highest BCUT2D eigenvalue weighted by Gasteiger charge is 2.20. The average Bonchev–Trinajstić information content (AvgIpc) is 3.17. The molecule has 7 nitrogen and oxygen atoms in total. The maximum Gasteiger partial charge on any atom is 0.340 e. The minimum absolute atomic E-state index is 0.288. The largest absolute Gasteiger partial charge is 0.465 e. The number of amides is 1. The standard InChI is InChI=1S/C26H25N3O4/c1-3-32-25(31)21-10-7-11-22-23(21)29(26(28-22)33-4-2)16-17-12-14-18(15-13-17)19-8-5-6-9-20(19)24(27)30/h5-15H,3-4,16H2,1-2H3,(H2,27,30). The minimum atomic E-state index is -0.465. The lowest BCUT2D eigenvalue weighted by molar-refractivity contribution is 0.0528. The van der Waals surface area contributed by atoms with E-state index in [0.29, 0.717) is 41.3 Å². The zero-order chi connectivity index (χ0) is 23.4. The molecule has 1 amide bonds. The lowest BCUT2D eigenvalue weighted by atomic mass is 9.98. The van der Waals surface area contributed by atoms with Gasteiger partial charge in [0.05, 0.1) is 36.4 Å². The van der Waals surface area contributed by atoms with Crippen LogP contribution in [0.2, 0.25) is 0 Å². The number of rotatable bonds is 8. The smallest absolute Gasteiger partial charge is 0.340 e. The van der Waals surface area contributed by atoms with E-state index in [1.165, 1.54) is 0 Å². The summed E-state index contributed by atoms with van der Waals surface area (Å²) in [6.07, 6.45) is 0. The van der Waals surface area contributed by atoms with Crippen molar-refractivity contribution in [2.24, 2.45) is 5.73 Å². The van der Waals surface area contributed by atoms with Gasteiger partial charge >= 0.3 is 5.97 Å². The van der Waals surface area contributed by atoms with Crippen LogP contribution in [0, 0.1) is 0 Å². The van der Waals surface area contributed by atoms with Crippen LogP contribution in [0.25, 0.3) is 22.2 Å². The molecular weight excluding hydrogens is 418 g/mol. The van der Waals surface area contributed by atoms with Crippen molar-refractivity contribution in [3.05, 3.63) is 83.4 Å². The summed E-state index contributed by atoms with van der Waals surface area (Å²) < 4.78 is 12.9. The molecule has 1 aromatic heterocycles. The first kappa shape index (κ1) is 22.1. The molecule has 0 spiro atoms. The maximum atomic E-state index is 12.6. The van der Waals surface area contributed by atoms with Crippen molar-refractivity contribution in [1.82, 2.24) is 9.55 Å². The molecule has 0 aliphatic rings. The third-order valence-electron chi connectivity index (χ3n) is 5.30. The fraction of sp³-hybridized carbons (Fsp3) is 0.192. The number of esters is 1. The Bertz CT molecular complexity index is 1310. The van der Waals surface area contributed by atoms with Crippen molar-refractivity contribution in [2.75, 3.05) is 13.2 Å². The number of carbonyl (C=O) groups is 2. The number of hydrogen-bond acceptors (Lipinski definition) is 5. The number of nitrogens with zero attached hydrogens (tertiary/aromatic N) is 2. The first-order valence-electron chi connectivity index (χ1n) is 10.8. The van der Waals surface area contributed by atoms with Crippen LogP contribution >= 0.6 is 0 Å². The van der Waals surface area contributed by atoms with Crippen LogP contribution in [0.15, 0.2) is 66.7 Å². The molecule has 0 fully saturated rings. The monoisotopic (exact) mass is 443 g/mol. The molecule has 0 atom stereocenters. The van der Waals surface area contributed by atoms with Crippen molar-refractivity contribution in [3.8, 4) is 17.1 Å². The van der Waals surface area contributed by atoms with Crippen LogP contribution < -0.4 is 10.5 Å². The first-order valence-corrected chi connectivity index (χ1v) is 10.8. The lowest BCUT2D eigenvalue weighted by Crippen LogP contribution is -2.12. The normalized spacial score (nSPS) is 10.8. The number of para-hydroxylation sites is 1. The van der Waals surface area contributed by atoms with Gasteiger partial charge in [-0.3, -0.25) is 9.36 Å². The van der Waals surface area contributed by atoms with Crippen LogP contribution in [-0.4, -0.2) is 34.6 Å². The van der Waals surface area contributed by atoms with Gasteiger partial charge in [0.25, 0.3) is 6.01 Å². The molecule has 0 bridgehead atoms. The van der Waals surface area contributed by atoms with Crippen molar-refractivity contribution in [3.63, 3.8) is 0 Å². The highest BCUT2D eigenvalue weighted by Crippen LogP contribution is 2.28. The second-order valence-corrected chi connectivity index (χ2v) is 7.41. The number of benzene rings is 3. The summed E-state index contributed by atoms with van der Waals surface area (Å²) in [7, 11) is 0. The number of hydrogen-bond donors (Lipinski definition) is 1. The van der Waals surface area contributed by atoms with Gasteiger partial charge in [-0.1, -0.05) is 48.5 Å². The molecule has 0 aliphatic heterocycles. The molecule has 0 aliphatic carbocycles. The summed E-state index contributed by atoms with van der Waals surface area (Å²) in [6, 6.07) is 20.9. The number of aromatic nitrogens is 2. The minimum Gasteiger partial charge on any atom is -0.465 e. The molecule has 3 aromatic carbocycles. The predicted octanol–water partition coefficient (Wildman–Crippen LogP) is 4.43. The fourth-order valence-corrected chi connectivity index (χ4v) is 3.85. The second kappa shape index (κ2) is 9.56. The third-order valence-corrected chi connectivity index (χ3v) is 5.30. The Balaban J connectivity index is 1.74. The molecule has 33 heavy (non-hydrogen) atoms. The van der Waals surface area contributed by atoms with Gasteiger partial charge in [0.15, 0.2) is 0 Å². The van der Waals surface area contributed by atoms with Gasteiger partial charge in [-0.2, -0.15) is 4.98 Å². The molecule has 0 unspecified atom stereocenters. The summed E-state index contributed by atoms with van der Waals surface area (Å²) in [5.41, 5.74) is 10.4. The van der Waals surface area contributed by atoms with Gasteiger partial charge in [0.2, 0.25) is 5.91 Å². The number of fused-ring (bicyclic) bond motifs is 1. The van der Waals surface area contributed by atoms with Gasteiger partial charge in [-0.05, 0) is 48.7 Å². The molecular formula is C26H25N3O4. The van der Waals surface area contributed by atoms with E-state index in [2.05, 4.69) is 4.98 Å². The fourth-order valence-electron chi connectivity index (χ4n) is 3.85. The number of primary amides is 1. The van der Waals surface area contributed by atoms with Crippen molar-refractivity contribution in [2.45, 2.75) is 20.4 Å². The molecule has 4 rings (SSSR count). The molecule has 4 aromatic rings. The number of ether oxygens (including phenoxy) is 2. The Kier molecular flexibility index (Phi) is 6.40. The van der Waals surface area contributed by atoms with Gasteiger partial charge in [-0.15, -0.1) is 0 Å². The molecule has 0 saturated heterocycles. The Labute approximate surface area is 191 Å². The van der Waals surface area contributed by atoms with E-state index < -0.39 is 11.9 Å². The Morgan fingerprint density at radius 2 is 1.64 bits per heavy atom. The summed E-state index contributed by atoms with van der Waals surface area (Å²) in [5, 5.41) is 0. The molecule has 7 heteroatoms.